The molecule has 0 fully saturated rings. The van der Waals surface area contributed by atoms with Crippen LogP contribution in [0.25, 0.3) is 11.0 Å². The van der Waals surface area contributed by atoms with E-state index in [1.807, 2.05) is 27.0 Å². The zero-order valence-corrected chi connectivity index (χ0v) is 10.4. The van der Waals surface area contributed by atoms with Crippen LogP contribution in [0.3, 0.4) is 0 Å². The molecule has 0 unspecified atom stereocenters. The average Bonchev–Trinajstić information content (AvgIpc) is 2.49. The van der Waals surface area contributed by atoms with E-state index in [0.29, 0.717) is 4.47 Å². The number of pyridine rings is 1. The van der Waals surface area contributed by atoms with E-state index in [4.69, 9.17) is 0 Å². The van der Waals surface area contributed by atoms with Gasteiger partial charge in [0.25, 0.3) is 5.56 Å². The number of halogens is 1. The maximum atomic E-state index is 11.9. The molecule has 80 valence electrons. The summed E-state index contributed by atoms with van der Waals surface area (Å²) in [5.41, 5.74) is 1.82. The van der Waals surface area contributed by atoms with E-state index in [9.17, 15) is 4.79 Å². The van der Waals surface area contributed by atoms with Crippen molar-refractivity contribution in [3.63, 3.8) is 0 Å². The monoisotopic (exact) mass is 269 g/mol. The van der Waals surface area contributed by atoms with Crippen LogP contribution in [0.4, 0.5) is 0 Å². The summed E-state index contributed by atoms with van der Waals surface area (Å²) in [5, 5.41) is 4.16. The van der Waals surface area contributed by atoms with Crippen LogP contribution < -0.4 is 5.56 Å². The molecule has 0 aliphatic rings. The Bertz CT molecular complexity index is 568. The fourth-order valence-electron chi connectivity index (χ4n) is 1.71. The van der Waals surface area contributed by atoms with Gasteiger partial charge in [-0.1, -0.05) is 0 Å². The second-order valence-electron chi connectivity index (χ2n) is 3.80. The van der Waals surface area contributed by atoms with Crippen molar-refractivity contribution in [2.45, 2.75) is 19.9 Å². The highest BCUT2D eigenvalue weighted by molar-refractivity contribution is 9.10. The molecule has 0 aliphatic carbocycles. The zero-order valence-electron chi connectivity index (χ0n) is 8.86. The van der Waals surface area contributed by atoms with Crippen molar-refractivity contribution in [2.24, 2.45) is 7.05 Å². The largest absolute Gasteiger partial charge is 0.302 e. The van der Waals surface area contributed by atoms with Crippen molar-refractivity contribution in [3.8, 4) is 0 Å². The Morgan fingerprint density at radius 1 is 1.40 bits per heavy atom. The number of aryl methyl sites for hydroxylation is 1. The molecule has 0 bridgehead atoms. The molecule has 0 amide bonds. The Labute approximate surface area is 95.6 Å². The molecular formula is C10H12BrN3O. The quantitative estimate of drug-likeness (QED) is 0.795. The maximum Gasteiger partial charge on any atom is 0.265 e. The highest BCUT2D eigenvalue weighted by atomic mass is 79.9. The summed E-state index contributed by atoms with van der Waals surface area (Å²) in [6.07, 6.45) is 1.73. The minimum absolute atomic E-state index is 0.00880. The van der Waals surface area contributed by atoms with E-state index < -0.39 is 0 Å². The molecule has 5 heteroatoms. The number of hydrogen-bond acceptors (Lipinski definition) is 2. The number of fused-ring (bicyclic) bond motifs is 1. The molecule has 4 nitrogen and oxygen atoms in total. The Hall–Kier alpha value is -1.10. The third-order valence-corrected chi connectivity index (χ3v) is 2.99. The lowest BCUT2D eigenvalue weighted by molar-refractivity contribution is 0.598. The Morgan fingerprint density at radius 3 is 2.67 bits per heavy atom. The molecular weight excluding hydrogens is 258 g/mol. The van der Waals surface area contributed by atoms with E-state index >= 15 is 0 Å². The van der Waals surface area contributed by atoms with Crippen molar-refractivity contribution in [2.75, 3.05) is 0 Å². The highest BCUT2D eigenvalue weighted by Crippen LogP contribution is 2.18. The van der Waals surface area contributed by atoms with E-state index in [-0.39, 0.29) is 11.6 Å². The molecule has 0 N–H and O–H groups in total. The van der Waals surface area contributed by atoms with Gasteiger partial charge < -0.3 is 4.57 Å². The lowest BCUT2D eigenvalue weighted by Crippen LogP contribution is -2.22. The van der Waals surface area contributed by atoms with Crippen LogP contribution in [-0.4, -0.2) is 14.3 Å². The van der Waals surface area contributed by atoms with Crippen LogP contribution >= 0.6 is 15.9 Å². The molecule has 15 heavy (non-hydrogen) atoms. The van der Waals surface area contributed by atoms with Crippen molar-refractivity contribution in [1.29, 1.82) is 0 Å². The van der Waals surface area contributed by atoms with Crippen molar-refractivity contribution in [1.82, 2.24) is 14.3 Å². The van der Waals surface area contributed by atoms with Gasteiger partial charge in [0.2, 0.25) is 0 Å². The van der Waals surface area contributed by atoms with Crippen LogP contribution in [0.15, 0.2) is 21.5 Å². The SMILES string of the molecule is CC(C)n1c(=O)c(Br)cc2c1cnn2C. The maximum absolute atomic E-state index is 11.9. The van der Waals surface area contributed by atoms with Crippen molar-refractivity contribution < 1.29 is 0 Å². The van der Waals surface area contributed by atoms with Crippen LogP contribution in [-0.2, 0) is 7.05 Å². The summed E-state index contributed by atoms with van der Waals surface area (Å²) in [5.74, 6) is 0. The van der Waals surface area contributed by atoms with Gasteiger partial charge in [-0.05, 0) is 35.8 Å². The minimum atomic E-state index is -0.00880. The van der Waals surface area contributed by atoms with Gasteiger partial charge in [-0.25, -0.2) is 0 Å². The second kappa shape index (κ2) is 3.48. The molecule has 2 aromatic rings. The van der Waals surface area contributed by atoms with Crippen molar-refractivity contribution in [3.05, 3.63) is 27.1 Å². The van der Waals surface area contributed by atoms with Crippen LogP contribution in [0, 0.1) is 0 Å². The normalized spacial score (nSPS) is 11.5. The van der Waals surface area contributed by atoms with Crippen LogP contribution in [0.5, 0.6) is 0 Å². The Balaban J connectivity index is 2.97. The molecule has 0 radical (unpaired) electrons. The first kappa shape index (κ1) is 10.4. The summed E-state index contributed by atoms with van der Waals surface area (Å²) >= 11 is 3.28. The lowest BCUT2D eigenvalue weighted by Gasteiger charge is -2.11. The summed E-state index contributed by atoms with van der Waals surface area (Å²) in [6.45, 7) is 3.97. The molecule has 2 aromatic heterocycles. The molecule has 0 saturated carbocycles. The molecule has 0 atom stereocenters. The highest BCUT2D eigenvalue weighted by Gasteiger charge is 2.12. The molecule has 2 rings (SSSR count). The molecule has 0 saturated heterocycles. The first-order valence-corrected chi connectivity index (χ1v) is 5.54. The number of nitrogens with zero attached hydrogens (tertiary/aromatic N) is 3. The third-order valence-electron chi connectivity index (χ3n) is 2.43. The van der Waals surface area contributed by atoms with E-state index in [1.54, 1.807) is 15.4 Å². The number of rotatable bonds is 1. The first-order chi connectivity index (χ1) is 7.02. The van der Waals surface area contributed by atoms with Gasteiger partial charge in [0.1, 0.15) is 0 Å². The van der Waals surface area contributed by atoms with E-state index in [0.717, 1.165) is 11.0 Å². The lowest BCUT2D eigenvalue weighted by atomic mass is 10.3. The first-order valence-electron chi connectivity index (χ1n) is 4.75. The summed E-state index contributed by atoms with van der Waals surface area (Å²) in [7, 11) is 1.86. The Kier molecular flexibility index (Phi) is 2.42. The third kappa shape index (κ3) is 1.51. The zero-order chi connectivity index (χ0) is 11.2. The summed E-state index contributed by atoms with van der Waals surface area (Å²) in [6, 6.07) is 1.94. The number of hydrogen-bond donors (Lipinski definition) is 0. The standard InChI is InChI=1S/C10H12BrN3O/c1-6(2)14-9-5-12-13(3)8(9)4-7(11)10(14)15/h4-6H,1-3H3. The summed E-state index contributed by atoms with van der Waals surface area (Å²) < 4.78 is 4.08. The molecule has 0 spiro atoms. The van der Waals surface area contributed by atoms with Gasteiger partial charge in [-0.2, -0.15) is 5.10 Å². The second-order valence-corrected chi connectivity index (χ2v) is 4.65. The van der Waals surface area contributed by atoms with E-state index in [2.05, 4.69) is 21.0 Å². The van der Waals surface area contributed by atoms with Crippen LogP contribution in [0.1, 0.15) is 19.9 Å². The molecule has 2 heterocycles. The van der Waals surface area contributed by atoms with Gasteiger partial charge in [-0.15, -0.1) is 0 Å². The predicted molar refractivity (Wildman–Crippen MR) is 63.1 cm³/mol. The van der Waals surface area contributed by atoms with Crippen LogP contribution in [0.2, 0.25) is 0 Å². The smallest absolute Gasteiger partial charge is 0.265 e. The summed E-state index contributed by atoms with van der Waals surface area (Å²) in [4.78, 5) is 11.9. The number of aromatic nitrogens is 3. The predicted octanol–water partition coefficient (Wildman–Crippen LogP) is 2.08. The van der Waals surface area contributed by atoms with E-state index in [1.165, 1.54) is 0 Å². The van der Waals surface area contributed by atoms with Gasteiger partial charge in [0, 0.05) is 13.1 Å². The Morgan fingerprint density at radius 2 is 2.07 bits per heavy atom. The minimum Gasteiger partial charge on any atom is -0.302 e. The van der Waals surface area contributed by atoms with Gasteiger partial charge >= 0.3 is 0 Å². The van der Waals surface area contributed by atoms with Crippen molar-refractivity contribution >= 4 is 27.0 Å². The van der Waals surface area contributed by atoms with Gasteiger partial charge in [-0.3, -0.25) is 9.48 Å². The average molecular weight is 270 g/mol. The van der Waals surface area contributed by atoms with Gasteiger partial charge in [0.05, 0.1) is 21.7 Å². The topological polar surface area (TPSA) is 39.8 Å². The van der Waals surface area contributed by atoms with Gasteiger partial charge in [0.15, 0.2) is 0 Å². The molecule has 0 aliphatic heterocycles. The molecule has 0 aromatic carbocycles. The fraction of sp³-hybridized carbons (Fsp3) is 0.400. The fourth-order valence-corrected chi connectivity index (χ4v) is 2.12.